The number of hydrogen-bond acceptors (Lipinski definition) is 10. The second-order valence-electron chi connectivity index (χ2n) is 5.40. The van der Waals surface area contributed by atoms with Crippen LogP contribution < -0.4 is 11.4 Å². The smallest absolute Gasteiger partial charge is 0.383 e. The normalized spacial score (nSPS) is 27.2. The van der Waals surface area contributed by atoms with Gasteiger partial charge in [0.25, 0.3) is 0 Å². The monoisotopic (exact) mass is 469 g/mol. The highest BCUT2D eigenvalue weighted by Gasteiger charge is 2.46. The minimum absolute atomic E-state index is 0.0677. The summed E-state index contributed by atoms with van der Waals surface area (Å²) in [6.45, 7) is -1.29. The Morgan fingerprint density at radius 3 is 2.50 bits per heavy atom. The van der Waals surface area contributed by atoms with E-state index in [1.54, 1.807) is 0 Å². The molecule has 28 heavy (non-hydrogen) atoms. The number of alkyl halides is 1. The zero-order chi connectivity index (χ0) is 21.4. The van der Waals surface area contributed by atoms with E-state index in [0.717, 1.165) is 4.57 Å². The Labute approximate surface area is 155 Å². The van der Waals surface area contributed by atoms with E-state index >= 15 is 0 Å². The summed E-state index contributed by atoms with van der Waals surface area (Å²) >= 11 is 0. The molecule has 1 aromatic heterocycles. The highest BCUT2D eigenvalue weighted by Crippen LogP contribution is 2.66. The Morgan fingerprint density at radius 2 is 1.93 bits per heavy atom. The van der Waals surface area contributed by atoms with Crippen LogP contribution >= 0.6 is 23.5 Å². The number of rotatable bonds is 8. The molecule has 160 valence electrons. The maximum absolute atomic E-state index is 14.6. The lowest BCUT2D eigenvalue weighted by Gasteiger charge is -2.23. The molecule has 0 saturated carbocycles. The van der Waals surface area contributed by atoms with Gasteiger partial charge in [-0.1, -0.05) is 0 Å². The number of nitrogen functional groups attached to an aromatic ring is 1. The molecule has 1 aliphatic heterocycles. The average molecular weight is 469 g/mol. The van der Waals surface area contributed by atoms with Crippen LogP contribution in [0.4, 0.5) is 10.2 Å². The first-order valence-corrected chi connectivity index (χ1v) is 11.6. The summed E-state index contributed by atoms with van der Waals surface area (Å²) in [7, 11) is -16.8. The maximum Gasteiger partial charge on any atom is 0.490 e. The van der Waals surface area contributed by atoms with Crippen LogP contribution in [-0.4, -0.2) is 41.6 Å². The van der Waals surface area contributed by atoms with Crippen LogP contribution in [0.25, 0.3) is 0 Å². The number of aromatic nitrogens is 2. The van der Waals surface area contributed by atoms with Crippen molar-refractivity contribution in [2.75, 3.05) is 12.3 Å². The minimum atomic E-state index is -5.72. The van der Waals surface area contributed by atoms with Crippen LogP contribution in [0.3, 0.4) is 0 Å². The molecule has 2 rings (SSSR count). The second-order valence-corrected chi connectivity index (χ2v) is 9.82. The van der Waals surface area contributed by atoms with E-state index < -0.39 is 54.3 Å². The molecule has 6 N–H and O–H groups in total. The number of nitrogens with two attached hydrogens (primary N) is 1. The molecule has 0 amide bonds. The van der Waals surface area contributed by atoms with Crippen molar-refractivity contribution < 1.29 is 55.5 Å². The zero-order valence-electron chi connectivity index (χ0n) is 13.6. The summed E-state index contributed by atoms with van der Waals surface area (Å²) in [4.78, 5) is 50.3. The summed E-state index contributed by atoms with van der Waals surface area (Å²) in [6, 6.07) is 1.26. The molecule has 1 aliphatic rings. The second kappa shape index (κ2) is 8.01. The van der Waals surface area contributed by atoms with E-state index in [4.69, 9.17) is 25.2 Å². The standard InChI is InChI=1S/C9H15FN3O12P3/c10-9(3-1-7(23-9)13-4-2-6(11)12-8(13)14)5-22-27(18,19)25-28(20,21)24-26(15,16)17/h2,4,7H,1,3,5H2,(H,18,19)(H,20,21)(H2,11,12,14)(H2,15,16,17)/t7-,9+/m1/s1. The number of nitrogens with zero attached hydrogens (tertiary/aromatic N) is 2. The molecule has 0 bridgehead atoms. The number of phosphoric acid groups is 3. The van der Waals surface area contributed by atoms with Crippen LogP contribution in [0.1, 0.15) is 19.1 Å². The van der Waals surface area contributed by atoms with Gasteiger partial charge in [0, 0.05) is 12.6 Å². The molecule has 1 fully saturated rings. The van der Waals surface area contributed by atoms with Crippen LogP contribution in [0.15, 0.2) is 17.1 Å². The van der Waals surface area contributed by atoms with Crippen LogP contribution in [0.5, 0.6) is 0 Å². The molecule has 0 aromatic carbocycles. The highest BCUT2D eigenvalue weighted by molar-refractivity contribution is 7.66. The Kier molecular flexibility index (Phi) is 6.66. The van der Waals surface area contributed by atoms with E-state index in [2.05, 4.69) is 18.1 Å². The SMILES string of the molecule is Nc1ccn([C@H]2CC[C@@](F)(COP(=O)(O)OP(=O)(O)OP(=O)(O)O)O2)c(=O)n1. The van der Waals surface area contributed by atoms with Crippen LogP contribution in [-0.2, 0) is 31.6 Å². The van der Waals surface area contributed by atoms with Crippen molar-refractivity contribution >= 4 is 29.3 Å². The lowest BCUT2D eigenvalue weighted by molar-refractivity contribution is -0.175. The molecule has 0 aliphatic carbocycles. The van der Waals surface area contributed by atoms with E-state index in [1.165, 1.54) is 12.3 Å². The first-order chi connectivity index (χ1) is 12.6. The van der Waals surface area contributed by atoms with Gasteiger partial charge in [-0.25, -0.2) is 22.9 Å². The summed E-state index contributed by atoms with van der Waals surface area (Å²) in [5.74, 6) is -2.77. The molecular weight excluding hydrogens is 454 g/mol. The number of phosphoric ester groups is 1. The fourth-order valence-corrected chi connectivity index (χ4v) is 5.18. The molecule has 4 atom stereocenters. The van der Waals surface area contributed by atoms with Gasteiger partial charge in [0.05, 0.1) is 0 Å². The predicted molar refractivity (Wildman–Crippen MR) is 85.9 cm³/mol. The first kappa shape index (κ1) is 23.3. The first-order valence-electron chi connectivity index (χ1n) is 7.10. The maximum atomic E-state index is 14.6. The van der Waals surface area contributed by atoms with Gasteiger partial charge in [-0.3, -0.25) is 9.09 Å². The largest absolute Gasteiger partial charge is 0.490 e. The third kappa shape index (κ3) is 6.79. The molecule has 15 nitrogen and oxygen atoms in total. The van der Waals surface area contributed by atoms with Gasteiger partial charge >= 0.3 is 29.2 Å². The Hall–Kier alpha value is -1.02. The van der Waals surface area contributed by atoms with E-state index in [-0.39, 0.29) is 12.2 Å². The van der Waals surface area contributed by atoms with Gasteiger partial charge in [0.2, 0.25) is 5.85 Å². The lowest BCUT2D eigenvalue weighted by Crippen LogP contribution is -2.32. The van der Waals surface area contributed by atoms with Crippen molar-refractivity contribution in [2.24, 2.45) is 0 Å². The summed E-state index contributed by atoms with van der Waals surface area (Å²) < 4.78 is 65.0. The summed E-state index contributed by atoms with van der Waals surface area (Å²) in [5, 5.41) is 0. The van der Waals surface area contributed by atoms with Crippen molar-refractivity contribution in [2.45, 2.75) is 24.9 Å². The zero-order valence-corrected chi connectivity index (χ0v) is 16.3. The Bertz CT molecular complexity index is 934. The number of hydrogen-bond donors (Lipinski definition) is 5. The fraction of sp³-hybridized carbons (Fsp3) is 0.556. The predicted octanol–water partition coefficient (Wildman–Crippen LogP) is 0.144. The van der Waals surface area contributed by atoms with Gasteiger partial charge in [-0.05, 0) is 12.5 Å². The topological polar surface area (TPSA) is 230 Å². The Morgan fingerprint density at radius 1 is 1.29 bits per heavy atom. The fourth-order valence-electron chi connectivity index (χ4n) is 2.13. The van der Waals surface area contributed by atoms with E-state index in [1.807, 2.05) is 0 Å². The molecule has 1 saturated heterocycles. The van der Waals surface area contributed by atoms with Gasteiger partial charge in [-0.2, -0.15) is 13.6 Å². The molecule has 0 radical (unpaired) electrons. The van der Waals surface area contributed by atoms with E-state index in [9.17, 15) is 27.8 Å². The van der Waals surface area contributed by atoms with Gasteiger partial charge < -0.3 is 30.0 Å². The average Bonchev–Trinajstić information content (AvgIpc) is 2.84. The number of anilines is 1. The van der Waals surface area contributed by atoms with Gasteiger partial charge in [0.1, 0.15) is 18.7 Å². The lowest BCUT2D eigenvalue weighted by atomic mass is 10.2. The Balaban J connectivity index is 2.00. The number of halogens is 1. The van der Waals surface area contributed by atoms with Crippen LogP contribution in [0.2, 0.25) is 0 Å². The molecule has 19 heteroatoms. The van der Waals surface area contributed by atoms with Crippen molar-refractivity contribution in [1.82, 2.24) is 9.55 Å². The third-order valence-corrected chi connectivity index (χ3v) is 6.92. The molecular formula is C9H15FN3O12P3. The van der Waals surface area contributed by atoms with Gasteiger partial charge in [0.15, 0.2) is 0 Å². The third-order valence-electron chi connectivity index (χ3n) is 3.13. The molecule has 0 spiro atoms. The van der Waals surface area contributed by atoms with Crippen molar-refractivity contribution in [3.05, 3.63) is 22.7 Å². The van der Waals surface area contributed by atoms with Crippen molar-refractivity contribution in [3.63, 3.8) is 0 Å². The van der Waals surface area contributed by atoms with Crippen molar-refractivity contribution in [1.29, 1.82) is 0 Å². The molecule has 1 aromatic rings. The number of ether oxygens (including phenoxy) is 1. The van der Waals surface area contributed by atoms with Crippen LogP contribution in [0, 0.1) is 0 Å². The van der Waals surface area contributed by atoms with Crippen molar-refractivity contribution in [3.8, 4) is 0 Å². The van der Waals surface area contributed by atoms with Gasteiger partial charge in [-0.15, -0.1) is 0 Å². The summed E-state index contributed by atoms with van der Waals surface area (Å²) in [5.41, 5.74) is 4.50. The van der Waals surface area contributed by atoms with E-state index in [0.29, 0.717) is 0 Å². The highest BCUT2D eigenvalue weighted by atomic mass is 31.3. The minimum Gasteiger partial charge on any atom is -0.383 e. The molecule has 2 unspecified atom stereocenters. The summed E-state index contributed by atoms with van der Waals surface area (Å²) in [6.07, 6.45) is -0.426. The quantitative estimate of drug-likeness (QED) is 0.319. The molecule has 2 heterocycles.